The second kappa shape index (κ2) is 5.94. The molecule has 0 saturated heterocycles. The predicted octanol–water partition coefficient (Wildman–Crippen LogP) is 4.25. The molecule has 0 fully saturated rings. The summed E-state index contributed by atoms with van der Waals surface area (Å²) in [5, 5.41) is 0. The second-order valence-electron chi connectivity index (χ2n) is 3.83. The van der Waals surface area contributed by atoms with Gasteiger partial charge in [-0.1, -0.05) is 12.1 Å². The molecule has 0 aliphatic carbocycles. The van der Waals surface area contributed by atoms with Crippen molar-refractivity contribution in [3.05, 3.63) is 42.7 Å². The lowest BCUT2D eigenvalue weighted by Crippen LogP contribution is -2.17. The molecule has 0 saturated carbocycles. The fourth-order valence-corrected chi connectivity index (χ4v) is 1.66. The van der Waals surface area contributed by atoms with E-state index in [0.717, 1.165) is 12.1 Å². The highest BCUT2D eigenvalue weighted by molar-refractivity contribution is 5.70. The lowest BCUT2D eigenvalue weighted by atomic mass is 10.1. The van der Waals surface area contributed by atoms with Gasteiger partial charge >= 0.3 is 13.0 Å². The predicted molar refractivity (Wildman–Crippen MR) is 63.0 cm³/mol. The Bertz CT molecular complexity index is 616. The van der Waals surface area contributed by atoms with E-state index in [4.69, 9.17) is 0 Å². The van der Waals surface area contributed by atoms with Gasteiger partial charge in [-0.25, -0.2) is 0 Å². The number of rotatable bonds is 4. The van der Waals surface area contributed by atoms with Gasteiger partial charge in [0.1, 0.15) is 11.5 Å². The van der Waals surface area contributed by atoms with E-state index in [0.29, 0.717) is 0 Å². The molecule has 2 aromatic rings. The third-order valence-electron chi connectivity index (χ3n) is 2.38. The molecule has 1 heterocycles. The summed E-state index contributed by atoms with van der Waals surface area (Å²) < 4.78 is 69.2. The monoisotopic (exact) mass is 305 g/mol. The Labute approximate surface area is 115 Å². The van der Waals surface area contributed by atoms with E-state index in [1.54, 1.807) is 0 Å². The van der Waals surface area contributed by atoms with Gasteiger partial charge in [-0.05, 0) is 23.8 Å². The molecular weight excluding hydrogens is 297 g/mol. The molecule has 0 amide bonds. The number of nitrogens with zero attached hydrogens (tertiary/aromatic N) is 1. The largest absolute Gasteiger partial charge is 0.573 e. The van der Waals surface area contributed by atoms with Crippen LogP contribution in [0.3, 0.4) is 0 Å². The molecule has 0 spiro atoms. The van der Waals surface area contributed by atoms with Gasteiger partial charge in [-0.2, -0.15) is 8.78 Å². The Hall–Kier alpha value is -2.38. The van der Waals surface area contributed by atoms with Gasteiger partial charge in [0.2, 0.25) is 0 Å². The first-order valence-corrected chi connectivity index (χ1v) is 5.60. The van der Waals surface area contributed by atoms with Crippen molar-refractivity contribution in [2.75, 3.05) is 0 Å². The first kappa shape index (κ1) is 15.0. The van der Waals surface area contributed by atoms with Crippen LogP contribution in [0.25, 0.3) is 11.1 Å². The number of alkyl halides is 5. The fraction of sp³-hybridized carbons (Fsp3) is 0.154. The molecule has 8 heteroatoms. The van der Waals surface area contributed by atoms with Crippen LogP contribution in [0.1, 0.15) is 0 Å². The number of halogens is 5. The van der Waals surface area contributed by atoms with Crippen molar-refractivity contribution in [2.45, 2.75) is 13.0 Å². The molecular formula is C13H8F5NO2. The minimum absolute atomic E-state index is 0.130. The summed E-state index contributed by atoms with van der Waals surface area (Å²) in [5.41, 5.74) is 0.339. The summed E-state index contributed by atoms with van der Waals surface area (Å²) in [4.78, 5) is 3.75. The van der Waals surface area contributed by atoms with Crippen LogP contribution in [0.15, 0.2) is 42.7 Å². The van der Waals surface area contributed by atoms with Crippen LogP contribution < -0.4 is 9.47 Å². The van der Waals surface area contributed by atoms with E-state index in [2.05, 4.69) is 14.5 Å². The highest BCUT2D eigenvalue weighted by atomic mass is 19.4. The molecule has 2 rings (SSSR count). The standard InChI is InChI=1S/C13H8F5NO2/c14-12(15)20-11-4-5-19-7-10(11)8-2-1-3-9(6-8)21-13(16,17)18/h1-7,12H. The lowest BCUT2D eigenvalue weighted by molar-refractivity contribution is -0.274. The summed E-state index contributed by atoms with van der Waals surface area (Å²) in [6, 6.07) is 6.08. The quantitative estimate of drug-likeness (QED) is 0.791. The first-order valence-electron chi connectivity index (χ1n) is 5.60. The van der Waals surface area contributed by atoms with E-state index in [1.807, 2.05) is 0 Å². The Balaban J connectivity index is 2.36. The smallest absolute Gasteiger partial charge is 0.434 e. The summed E-state index contributed by atoms with van der Waals surface area (Å²) >= 11 is 0. The SMILES string of the molecule is FC(F)Oc1ccncc1-c1cccc(OC(F)(F)F)c1. The molecule has 0 atom stereocenters. The van der Waals surface area contributed by atoms with Crippen molar-refractivity contribution >= 4 is 0 Å². The van der Waals surface area contributed by atoms with Crippen LogP contribution in [0, 0.1) is 0 Å². The van der Waals surface area contributed by atoms with Crippen LogP contribution in [0.2, 0.25) is 0 Å². The van der Waals surface area contributed by atoms with Crippen molar-refractivity contribution in [3.63, 3.8) is 0 Å². The van der Waals surface area contributed by atoms with Crippen LogP contribution >= 0.6 is 0 Å². The number of benzene rings is 1. The zero-order valence-electron chi connectivity index (χ0n) is 10.3. The molecule has 0 aliphatic heterocycles. The number of hydrogen-bond donors (Lipinski definition) is 0. The van der Waals surface area contributed by atoms with Crippen molar-refractivity contribution in [1.29, 1.82) is 0 Å². The second-order valence-corrected chi connectivity index (χ2v) is 3.83. The molecule has 0 N–H and O–H groups in total. The Kier molecular flexibility index (Phi) is 4.25. The molecule has 0 bridgehead atoms. The normalized spacial score (nSPS) is 11.5. The van der Waals surface area contributed by atoms with Gasteiger partial charge in [-0.3, -0.25) is 4.98 Å². The Morgan fingerprint density at radius 1 is 1.10 bits per heavy atom. The van der Waals surface area contributed by atoms with Crippen molar-refractivity contribution in [2.24, 2.45) is 0 Å². The van der Waals surface area contributed by atoms with E-state index in [-0.39, 0.29) is 16.9 Å². The number of hydrogen-bond acceptors (Lipinski definition) is 3. The van der Waals surface area contributed by atoms with Gasteiger partial charge in [0.25, 0.3) is 0 Å². The topological polar surface area (TPSA) is 31.4 Å². The zero-order valence-corrected chi connectivity index (χ0v) is 10.3. The molecule has 0 unspecified atom stereocenters. The van der Waals surface area contributed by atoms with Gasteiger partial charge < -0.3 is 9.47 Å². The summed E-state index contributed by atoms with van der Waals surface area (Å²) in [5.74, 6) is -0.656. The summed E-state index contributed by atoms with van der Waals surface area (Å²) in [6.07, 6.45) is -2.39. The molecule has 21 heavy (non-hydrogen) atoms. The lowest BCUT2D eigenvalue weighted by Gasteiger charge is -2.12. The van der Waals surface area contributed by atoms with Crippen LogP contribution in [0.5, 0.6) is 11.5 Å². The third kappa shape index (κ3) is 4.30. The number of aromatic nitrogens is 1. The van der Waals surface area contributed by atoms with Crippen LogP contribution in [0.4, 0.5) is 22.0 Å². The maximum atomic E-state index is 12.3. The first-order chi connectivity index (χ1) is 9.85. The maximum Gasteiger partial charge on any atom is 0.573 e. The minimum atomic E-state index is -4.84. The van der Waals surface area contributed by atoms with Gasteiger partial charge in [0, 0.05) is 18.0 Å². The summed E-state index contributed by atoms with van der Waals surface area (Å²) in [7, 11) is 0. The third-order valence-corrected chi connectivity index (χ3v) is 2.38. The summed E-state index contributed by atoms with van der Waals surface area (Å²) in [6.45, 7) is -3.05. The zero-order chi connectivity index (χ0) is 15.5. The van der Waals surface area contributed by atoms with E-state index >= 15 is 0 Å². The van der Waals surface area contributed by atoms with Gasteiger partial charge in [0.05, 0.1) is 0 Å². The molecule has 1 aromatic heterocycles. The van der Waals surface area contributed by atoms with Crippen LogP contribution in [-0.4, -0.2) is 18.0 Å². The minimum Gasteiger partial charge on any atom is -0.434 e. The molecule has 0 aliphatic rings. The van der Waals surface area contributed by atoms with Crippen molar-refractivity contribution in [1.82, 2.24) is 4.98 Å². The maximum absolute atomic E-state index is 12.3. The fourth-order valence-electron chi connectivity index (χ4n) is 1.66. The van der Waals surface area contributed by atoms with Gasteiger partial charge in [-0.15, -0.1) is 13.2 Å². The average Bonchev–Trinajstić information content (AvgIpc) is 2.37. The van der Waals surface area contributed by atoms with E-state index < -0.39 is 18.7 Å². The molecule has 3 nitrogen and oxygen atoms in total. The number of ether oxygens (including phenoxy) is 2. The van der Waals surface area contributed by atoms with E-state index in [9.17, 15) is 22.0 Å². The molecule has 1 aromatic carbocycles. The molecule has 0 radical (unpaired) electrons. The Morgan fingerprint density at radius 3 is 2.52 bits per heavy atom. The highest BCUT2D eigenvalue weighted by Gasteiger charge is 2.31. The van der Waals surface area contributed by atoms with Crippen LogP contribution in [-0.2, 0) is 0 Å². The highest BCUT2D eigenvalue weighted by Crippen LogP contribution is 2.33. The Morgan fingerprint density at radius 2 is 1.86 bits per heavy atom. The van der Waals surface area contributed by atoms with Crippen molar-refractivity contribution < 1.29 is 31.4 Å². The van der Waals surface area contributed by atoms with Crippen molar-refractivity contribution in [3.8, 4) is 22.6 Å². The average molecular weight is 305 g/mol. The van der Waals surface area contributed by atoms with E-state index in [1.165, 1.54) is 30.6 Å². The number of pyridine rings is 1. The molecule has 112 valence electrons. The van der Waals surface area contributed by atoms with Gasteiger partial charge in [0.15, 0.2) is 0 Å².